The van der Waals surface area contributed by atoms with E-state index in [1.54, 1.807) is 14.2 Å². The first-order chi connectivity index (χ1) is 10.7. The third kappa shape index (κ3) is 3.28. The highest BCUT2D eigenvalue weighted by Crippen LogP contribution is 2.38. The fourth-order valence-corrected chi connectivity index (χ4v) is 4.74. The summed E-state index contributed by atoms with van der Waals surface area (Å²) in [7, 11) is 3.43. The third-order valence-electron chi connectivity index (χ3n) is 5.29. The minimum absolute atomic E-state index is 0.771. The molecule has 1 saturated heterocycles. The van der Waals surface area contributed by atoms with Gasteiger partial charge in [0.15, 0.2) is 0 Å². The fraction of sp³-hybridized carbons (Fsp3) is 0.667. The lowest BCUT2D eigenvalue weighted by Gasteiger charge is -2.44. The molecule has 1 aliphatic carbocycles. The molecule has 0 unspecified atom stereocenters. The van der Waals surface area contributed by atoms with Crippen LogP contribution in [-0.4, -0.2) is 31.7 Å². The van der Waals surface area contributed by atoms with Crippen molar-refractivity contribution in [1.82, 2.24) is 4.90 Å². The molecular weight excluding hydrogens is 342 g/mol. The molecule has 1 saturated carbocycles. The Bertz CT molecular complexity index is 518. The molecule has 2 fully saturated rings. The van der Waals surface area contributed by atoms with Gasteiger partial charge in [-0.2, -0.15) is 0 Å². The number of halogens is 1. The second-order valence-electron chi connectivity index (χ2n) is 6.52. The lowest BCUT2D eigenvalue weighted by atomic mass is 9.78. The first-order valence-corrected chi connectivity index (χ1v) is 9.16. The predicted molar refractivity (Wildman–Crippen MR) is 92.6 cm³/mol. The maximum Gasteiger partial charge on any atom is 0.136 e. The molecule has 1 aromatic carbocycles. The van der Waals surface area contributed by atoms with Crippen molar-refractivity contribution in [2.24, 2.45) is 5.92 Å². The standard InChI is InChI=1S/C18H26BrNO2/c1-21-17-11-18(22-2)15(19)10-14(17)12-20-9-5-7-13-6-3-4-8-16(13)20/h10-11,13,16H,3-9,12H2,1-2H3/t13-,16+/m0/s1. The van der Waals surface area contributed by atoms with E-state index in [0.717, 1.165) is 34.5 Å². The Morgan fingerprint density at radius 3 is 2.55 bits per heavy atom. The van der Waals surface area contributed by atoms with Crippen molar-refractivity contribution < 1.29 is 9.47 Å². The summed E-state index contributed by atoms with van der Waals surface area (Å²) in [6.45, 7) is 2.20. The molecule has 0 aromatic heterocycles. The van der Waals surface area contributed by atoms with E-state index in [9.17, 15) is 0 Å². The van der Waals surface area contributed by atoms with Crippen LogP contribution in [0, 0.1) is 5.92 Å². The van der Waals surface area contributed by atoms with Crippen molar-refractivity contribution in [1.29, 1.82) is 0 Å². The topological polar surface area (TPSA) is 21.7 Å². The number of nitrogens with zero attached hydrogens (tertiary/aromatic N) is 1. The van der Waals surface area contributed by atoms with Crippen LogP contribution in [0.15, 0.2) is 16.6 Å². The molecule has 122 valence electrons. The molecule has 3 nitrogen and oxygen atoms in total. The van der Waals surface area contributed by atoms with Crippen molar-refractivity contribution in [2.45, 2.75) is 51.1 Å². The van der Waals surface area contributed by atoms with Gasteiger partial charge < -0.3 is 9.47 Å². The Kier molecular flexibility index (Phi) is 5.29. The molecule has 22 heavy (non-hydrogen) atoms. The molecular formula is C18H26BrNO2. The third-order valence-corrected chi connectivity index (χ3v) is 5.91. The molecule has 0 N–H and O–H groups in total. The molecule has 2 atom stereocenters. The van der Waals surface area contributed by atoms with Crippen LogP contribution in [0.1, 0.15) is 44.1 Å². The summed E-state index contributed by atoms with van der Waals surface area (Å²) < 4.78 is 12.0. The number of benzene rings is 1. The molecule has 1 heterocycles. The number of likely N-dealkylation sites (tertiary alicyclic amines) is 1. The zero-order chi connectivity index (χ0) is 15.5. The summed E-state index contributed by atoms with van der Waals surface area (Å²) in [4.78, 5) is 2.68. The molecule has 0 spiro atoms. The quantitative estimate of drug-likeness (QED) is 0.774. The minimum Gasteiger partial charge on any atom is -0.496 e. The predicted octanol–water partition coefficient (Wildman–Crippen LogP) is 4.62. The van der Waals surface area contributed by atoms with E-state index < -0.39 is 0 Å². The van der Waals surface area contributed by atoms with E-state index in [2.05, 4.69) is 26.9 Å². The number of ether oxygens (including phenoxy) is 2. The van der Waals surface area contributed by atoms with Crippen molar-refractivity contribution >= 4 is 15.9 Å². The first kappa shape index (κ1) is 16.1. The van der Waals surface area contributed by atoms with Gasteiger partial charge in [-0.25, -0.2) is 0 Å². The summed E-state index contributed by atoms with van der Waals surface area (Å²) in [5, 5.41) is 0. The molecule has 0 amide bonds. The summed E-state index contributed by atoms with van der Waals surface area (Å²) in [6.07, 6.45) is 8.36. The van der Waals surface area contributed by atoms with Crippen molar-refractivity contribution in [3.05, 3.63) is 22.2 Å². The van der Waals surface area contributed by atoms with Crippen LogP contribution in [0.2, 0.25) is 0 Å². The average Bonchev–Trinajstić information content (AvgIpc) is 2.55. The van der Waals surface area contributed by atoms with Crippen molar-refractivity contribution in [3.63, 3.8) is 0 Å². The SMILES string of the molecule is COc1cc(OC)c(CN2CCC[C@@H]3CCCC[C@H]32)cc1Br. The number of fused-ring (bicyclic) bond motifs is 1. The van der Waals surface area contributed by atoms with Crippen LogP contribution in [-0.2, 0) is 6.54 Å². The maximum absolute atomic E-state index is 5.59. The molecule has 0 bridgehead atoms. The number of hydrogen-bond donors (Lipinski definition) is 0. The molecule has 1 aliphatic heterocycles. The van der Waals surface area contributed by atoms with Crippen LogP contribution in [0.4, 0.5) is 0 Å². The molecule has 2 aliphatic rings. The fourth-order valence-electron chi connectivity index (χ4n) is 4.19. The van der Waals surface area contributed by atoms with Gasteiger partial charge in [-0.05, 0) is 60.1 Å². The number of hydrogen-bond acceptors (Lipinski definition) is 3. The van der Waals surface area contributed by atoms with Gasteiger partial charge in [-0.1, -0.05) is 12.8 Å². The average molecular weight is 368 g/mol. The highest BCUT2D eigenvalue weighted by Gasteiger charge is 2.33. The Labute approximate surface area is 142 Å². The largest absolute Gasteiger partial charge is 0.496 e. The molecule has 1 aromatic rings. The van der Waals surface area contributed by atoms with Crippen LogP contribution < -0.4 is 9.47 Å². The normalized spacial score (nSPS) is 25.6. The Hall–Kier alpha value is -0.740. The van der Waals surface area contributed by atoms with Gasteiger partial charge in [0.1, 0.15) is 11.5 Å². The van der Waals surface area contributed by atoms with Gasteiger partial charge in [0, 0.05) is 24.2 Å². The number of methoxy groups -OCH3 is 2. The van der Waals surface area contributed by atoms with E-state index >= 15 is 0 Å². The van der Waals surface area contributed by atoms with Crippen LogP contribution in [0.5, 0.6) is 11.5 Å². The van der Waals surface area contributed by atoms with Gasteiger partial charge in [-0.15, -0.1) is 0 Å². The Morgan fingerprint density at radius 1 is 1.05 bits per heavy atom. The van der Waals surface area contributed by atoms with Crippen LogP contribution >= 0.6 is 15.9 Å². The van der Waals surface area contributed by atoms with Gasteiger partial charge in [-0.3, -0.25) is 4.90 Å². The maximum atomic E-state index is 5.59. The highest BCUT2D eigenvalue weighted by molar-refractivity contribution is 9.10. The monoisotopic (exact) mass is 367 g/mol. The summed E-state index contributed by atoms with van der Waals surface area (Å²) in [6, 6.07) is 4.92. The van der Waals surface area contributed by atoms with Crippen LogP contribution in [0.25, 0.3) is 0 Å². The Balaban J connectivity index is 1.80. The summed E-state index contributed by atoms with van der Waals surface area (Å²) in [5.74, 6) is 2.67. The summed E-state index contributed by atoms with van der Waals surface area (Å²) >= 11 is 3.61. The van der Waals surface area contributed by atoms with E-state index in [0.29, 0.717) is 0 Å². The lowest BCUT2D eigenvalue weighted by Crippen LogP contribution is -2.46. The van der Waals surface area contributed by atoms with Gasteiger partial charge in [0.05, 0.1) is 18.7 Å². The van der Waals surface area contributed by atoms with E-state index in [1.165, 1.54) is 50.6 Å². The molecule has 3 rings (SSSR count). The second-order valence-corrected chi connectivity index (χ2v) is 7.38. The number of rotatable bonds is 4. The van der Waals surface area contributed by atoms with Crippen molar-refractivity contribution in [2.75, 3.05) is 20.8 Å². The van der Waals surface area contributed by atoms with Gasteiger partial charge >= 0.3 is 0 Å². The lowest BCUT2D eigenvalue weighted by molar-refractivity contribution is 0.0541. The van der Waals surface area contributed by atoms with Gasteiger partial charge in [0.2, 0.25) is 0 Å². The van der Waals surface area contributed by atoms with Gasteiger partial charge in [0.25, 0.3) is 0 Å². The minimum atomic E-state index is 0.771. The zero-order valence-corrected chi connectivity index (χ0v) is 15.2. The van der Waals surface area contributed by atoms with E-state index in [1.807, 2.05) is 6.07 Å². The molecule has 0 radical (unpaired) electrons. The zero-order valence-electron chi connectivity index (χ0n) is 13.6. The highest BCUT2D eigenvalue weighted by atomic mass is 79.9. The van der Waals surface area contributed by atoms with E-state index in [4.69, 9.17) is 9.47 Å². The Morgan fingerprint density at radius 2 is 1.77 bits per heavy atom. The van der Waals surface area contributed by atoms with Crippen molar-refractivity contribution in [3.8, 4) is 11.5 Å². The smallest absolute Gasteiger partial charge is 0.136 e. The number of piperidine rings is 1. The second kappa shape index (κ2) is 7.22. The first-order valence-electron chi connectivity index (χ1n) is 8.37. The summed E-state index contributed by atoms with van der Waals surface area (Å²) in [5.41, 5.74) is 1.25. The van der Waals surface area contributed by atoms with E-state index in [-0.39, 0.29) is 0 Å². The van der Waals surface area contributed by atoms with Crippen LogP contribution in [0.3, 0.4) is 0 Å². The molecule has 4 heteroatoms.